The van der Waals surface area contributed by atoms with Gasteiger partial charge in [-0.3, -0.25) is 9.59 Å². The second-order valence-electron chi connectivity index (χ2n) is 11.5. The van der Waals surface area contributed by atoms with Crippen LogP contribution in [0, 0.1) is 34.5 Å². The highest BCUT2D eigenvalue weighted by atomic mass is 32.2. The Bertz CT molecular complexity index is 712. The van der Waals surface area contributed by atoms with E-state index in [2.05, 4.69) is 20.1 Å². The number of ketones is 2. The normalized spacial score (nSPS) is 39.6. The third-order valence-corrected chi connectivity index (χ3v) is 10.7. The van der Waals surface area contributed by atoms with Gasteiger partial charge in [-0.25, -0.2) is 0 Å². The van der Waals surface area contributed by atoms with Crippen molar-refractivity contribution in [3.8, 4) is 0 Å². The van der Waals surface area contributed by atoms with Gasteiger partial charge >= 0.3 is 0 Å². The lowest BCUT2D eigenvalue weighted by atomic mass is 9.47. The number of thioether (sulfide) groups is 1. The molecule has 0 aromatic heterocycles. The Morgan fingerprint density at radius 3 is 2.55 bits per heavy atom. The van der Waals surface area contributed by atoms with E-state index in [4.69, 9.17) is 0 Å². The first-order chi connectivity index (χ1) is 15.0. The van der Waals surface area contributed by atoms with Crippen LogP contribution in [0.2, 0.25) is 0 Å². The van der Waals surface area contributed by atoms with Crippen molar-refractivity contribution in [2.75, 3.05) is 12.0 Å². The maximum atomic E-state index is 13.6. The molecule has 4 aliphatic carbocycles. The van der Waals surface area contributed by atoms with Gasteiger partial charge in [0.05, 0.1) is 0 Å². The van der Waals surface area contributed by atoms with Crippen molar-refractivity contribution in [3.05, 3.63) is 11.6 Å². The lowest BCUT2D eigenvalue weighted by Crippen LogP contribution is -2.52. The zero-order valence-corrected chi connectivity index (χ0v) is 21.0. The average Bonchev–Trinajstić information content (AvgIpc) is 3.02. The van der Waals surface area contributed by atoms with Crippen LogP contribution in [0.5, 0.6) is 0 Å². The van der Waals surface area contributed by atoms with E-state index in [1.807, 2.05) is 17.8 Å². The SMILES string of the molecule is CCCCCCCC[C@@H]1C[C@H]2[C@@H]3CCC4=CC(=O)CC[C@]4(CSC)[C@H]3CC[C@]2(C)C1=O. The maximum Gasteiger partial charge on any atom is 0.155 e. The lowest BCUT2D eigenvalue weighted by Gasteiger charge is -2.58. The number of hydrogen-bond donors (Lipinski definition) is 0. The predicted molar refractivity (Wildman–Crippen MR) is 131 cm³/mol. The number of Topliss-reactive ketones (excluding diaryl/α,β-unsaturated/α-hetero) is 1. The monoisotopic (exact) mass is 444 g/mol. The van der Waals surface area contributed by atoms with Gasteiger partial charge in [0.1, 0.15) is 5.78 Å². The summed E-state index contributed by atoms with van der Waals surface area (Å²) in [5.41, 5.74) is 1.63. The lowest BCUT2D eigenvalue weighted by molar-refractivity contribution is -0.134. The van der Waals surface area contributed by atoms with Crippen molar-refractivity contribution in [2.24, 2.45) is 34.5 Å². The smallest absolute Gasteiger partial charge is 0.155 e. The predicted octanol–water partition coefficient (Wildman–Crippen LogP) is 7.41. The summed E-state index contributed by atoms with van der Waals surface area (Å²) in [6.45, 7) is 4.60. The van der Waals surface area contributed by atoms with E-state index in [1.165, 1.54) is 56.9 Å². The quantitative estimate of drug-likeness (QED) is 0.347. The van der Waals surface area contributed by atoms with Gasteiger partial charge in [-0.05, 0) is 75.0 Å². The minimum Gasteiger partial charge on any atom is -0.299 e. The van der Waals surface area contributed by atoms with Gasteiger partial charge in [0, 0.05) is 28.9 Å². The minimum atomic E-state index is -0.0692. The van der Waals surface area contributed by atoms with Crippen LogP contribution >= 0.6 is 11.8 Å². The van der Waals surface area contributed by atoms with Crippen molar-refractivity contribution in [1.29, 1.82) is 0 Å². The summed E-state index contributed by atoms with van der Waals surface area (Å²) in [4.78, 5) is 25.8. The van der Waals surface area contributed by atoms with E-state index in [-0.39, 0.29) is 10.8 Å². The molecule has 0 aromatic rings. The third kappa shape index (κ3) is 4.22. The van der Waals surface area contributed by atoms with Crippen molar-refractivity contribution >= 4 is 23.3 Å². The number of rotatable bonds is 9. The average molecular weight is 445 g/mol. The van der Waals surface area contributed by atoms with E-state index in [9.17, 15) is 9.59 Å². The van der Waals surface area contributed by atoms with E-state index in [0.29, 0.717) is 35.2 Å². The molecular formula is C28H44O2S. The van der Waals surface area contributed by atoms with Gasteiger partial charge in [0.15, 0.2) is 5.78 Å². The molecule has 0 bridgehead atoms. The van der Waals surface area contributed by atoms with Gasteiger partial charge < -0.3 is 0 Å². The summed E-state index contributed by atoms with van der Waals surface area (Å²) in [6, 6.07) is 0. The standard InChI is InChI=1S/C28H44O2S/c1-4-5-6-7-8-9-10-20-17-25-23-12-11-21-18-22(29)13-16-28(21,19-31-3)24(23)14-15-27(25,2)26(20)30/h18,20,23-25H,4-17,19H2,1-3H3/t20-,23-,24+,25+,27+,28-/m1/s1. The molecule has 3 heteroatoms. The minimum absolute atomic E-state index is 0.0692. The molecule has 31 heavy (non-hydrogen) atoms. The highest BCUT2D eigenvalue weighted by Crippen LogP contribution is 2.66. The van der Waals surface area contributed by atoms with Crippen LogP contribution in [0.25, 0.3) is 0 Å². The number of fused-ring (bicyclic) bond motifs is 5. The first-order valence-electron chi connectivity index (χ1n) is 13.2. The van der Waals surface area contributed by atoms with Crippen LogP contribution in [-0.2, 0) is 9.59 Å². The first kappa shape index (κ1) is 23.6. The molecule has 3 fully saturated rings. The van der Waals surface area contributed by atoms with E-state index in [0.717, 1.165) is 44.3 Å². The van der Waals surface area contributed by atoms with Crippen LogP contribution in [-0.4, -0.2) is 23.6 Å². The highest BCUT2D eigenvalue weighted by Gasteiger charge is 2.61. The molecule has 0 amide bonds. The molecule has 4 aliphatic rings. The molecule has 3 saturated carbocycles. The van der Waals surface area contributed by atoms with E-state index in [1.54, 1.807) is 0 Å². The van der Waals surface area contributed by atoms with Crippen LogP contribution in [0.4, 0.5) is 0 Å². The van der Waals surface area contributed by atoms with Crippen molar-refractivity contribution < 1.29 is 9.59 Å². The highest BCUT2D eigenvalue weighted by molar-refractivity contribution is 7.98. The molecule has 174 valence electrons. The van der Waals surface area contributed by atoms with E-state index >= 15 is 0 Å². The van der Waals surface area contributed by atoms with Crippen LogP contribution in [0.15, 0.2) is 11.6 Å². The van der Waals surface area contributed by atoms with Crippen LogP contribution < -0.4 is 0 Å². The number of allylic oxidation sites excluding steroid dienone is 1. The van der Waals surface area contributed by atoms with Crippen molar-refractivity contribution in [2.45, 2.75) is 104 Å². The summed E-state index contributed by atoms with van der Waals surface area (Å²) in [7, 11) is 0. The van der Waals surface area contributed by atoms with Gasteiger partial charge in [-0.15, -0.1) is 0 Å². The molecule has 0 aliphatic heterocycles. The Morgan fingerprint density at radius 1 is 1.00 bits per heavy atom. The zero-order valence-electron chi connectivity index (χ0n) is 20.2. The van der Waals surface area contributed by atoms with Crippen molar-refractivity contribution in [3.63, 3.8) is 0 Å². The number of unbranched alkanes of at least 4 members (excludes halogenated alkanes) is 5. The molecule has 2 nitrogen and oxygen atoms in total. The molecule has 0 radical (unpaired) electrons. The topological polar surface area (TPSA) is 34.1 Å². The second-order valence-corrected chi connectivity index (χ2v) is 12.3. The molecule has 6 atom stereocenters. The van der Waals surface area contributed by atoms with Gasteiger partial charge in [0.25, 0.3) is 0 Å². The summed E-state index contributed by atoms with van der Waals surface area (Å²) in [5, 5.41) is 0. The fraction of sp³-hybridized carbons (Fsp3) is 0.857. The Balaban J connectivity index is 1.47. The summed E-state index contributed by atoms with van der Waals surface area (Å²) < 4.78 is 0. The van der Waals surface area contributed by atoms with Gasteiger partial charge in [-0.1, -0.05) is 57.9 Å². The Kier molecular flexibility index (Phi) is 7.41. The summed E-state index contributed by atoms with van der Waals surface area (Å²) in [6.07, 6.45) is 20.8. The fourth-order valence-corrected chi connectivity index (χ4v) is 9.31. The number of hydrogen-bond acceptors (Lipinski definition) is 3. The molecule has 0 spiro atoms. The zero-order chi connectivity index (χ0) is 22.1. The van der Waals surface area contributed by atoms with E-state index < -0.39 is 0 Å². The van der Waals surface area contributed by atoms with Gasteiger partial charge in [-0.2, -0.15) is 11.8 Å². The Hall–Kier alpha value is -0.570. The Morgan fingerprint density at radius 2 is 1.77 bits per heavy atom. The number of carbonyl (C=O) groups excluding carboxylic acids is 2. The first-order valence-corrected chi connectivity index (χ1v) is 14.6. The fourth-order valence-electron chi connectivity index (χ4n) is 8.25. The molecule has 0 heterocycles. The second kappa shape index (κ2) is 9.74. The van der Waals surface area contributed by atoms with Crippen LogP contribution in [0.3, 0.4) is 0 Å². The third-order valence-electron chi connectivity index (χ3n) is 9.86. The Labute approximate surface area is 194 Å². The molecule has 0 N–H and O–H groups in total. The van der Waals surface area contributed by atoms with Gasteiger partial charge in [0.2, 0.25) is 0 Å². The summed E-state index contributed by atoms with van der Waals surface area (Å²) >= 11 is 1.97. The van der Waals surface area contributed by atoms with Crippen LogP contribution in [0.1, 0.15) is 104 Å². The van der Waals surface area contributed by atoms with Crippen molar-refractivity contribution in [1.82, 2.24) is 0 Å². The molecule has 0 aromatic carbocycles. The largest absolute Gasteiger partial charge is 0.299 e. The number of carbonyl (C=O) groups is 2. The molecule has 4 rings (SSSR count). The molecular weight excluding hydrogens is 400 g/mol. The molecule has 0 unspecified atom stereocenters. The molecule has 0 saturated heterocycles. The maximum absolute atomic E-state index is 13.6. The summed E-state index contributed by atoms with van der Waals surface area (Å²) in [5.74, 6) is 4.40.